The number of halogens is 6. The summed E-state index contributed by atoms with van der Waals surface area (Å²) in [6.45, 7) is -0.502. The second-order valence-corrected chi connectivity index (χ2v) is 7.41. The van der Waals surface area contributed by atoms with Gasteiger partial charge in [-0.05, 0) is 35.4 Å². The van der Waals surface area contributed by atoms with Crippen LogP contribution >= 0.6 is 34.8 Å². The maximum absolute atomic E-state index is 14.1. The molecular weight excluding hydrogens is 424 g/mol. The van der Waals surface area contributed by atoms with E-state index in [0.29, 0.717) is 5.56 Å². The molecule has 3 rings (SSSR count). The van der Waals surface area contributed by atoms with Crippen LogP contribution in [0.3, 0.4) is 0 Å². The summed E-state index contributed by atoms with van der Waals surface area (Å²) >= 11 is 17.8. The van der Waals surface area contributed by atoms with Crippen molar-refractivity contribution in [1.82, 2.24) is 0 Å². The summed E-state index contributed by atoms with van der Waals surface area (Å²) in [5, 5.41) is -0.107. The first-order valence-corrected chi connectivity index (χ1v) is 8.84. The third-order valence-electron chi connectivity index (χ3n) is 4.59. The zero-order chi connectivity index (χ0) is 20.0. The van der Waals surface area contributed by atoms with Crippen LogP contribution in [0.2, 0.25) is 15.1 Å². The molecule has 2 N–H and O–H groups in total. The van der Waals surface area contributed by atoms with E-state index in [2.05, 4.69) is 4.99 Å². The number of hydrogen-bond acceptors (Lipinski definition) is 2. The van der Waals surface area contributed by atoms with Crippen LogP contribution < -0.4 is 5.73 Å². The van der Waals surface area contributed by atoms with E-state index < -0.39 is 24.0 Å². The van der Waals surface area contributed by atoms with Crippen molar-refractivity contribution in [2.45, 2.75) is 18.0 Å². The van der Waals surface area contributed by atoms with Crippen molar-refractivity contribution < 1.29 is 18.0 Å². The lowest BCUT2D eigenvalue weighted by Crippen LogP contribution is -2.43. The molecule has 0 saturated heterocycles. The molecule has 0 fully saturated rings. The predicted octanol–water partition coefficient (Wildman–Crippen LogP) is 5.44. The lowest BCUT2D eigenvalue weighted by atomic mass is 9.76. The summed E-state index contributed by atoms with van der Waals surface area (Å²) in [5.41, 5.74) is 3.84. The predicted molar refractivity (Wildman–Crippen MR) is 100 cm³/mol. The van der Waals surface area contributed by atoms with Crippen molar-refractivity contribution in [2.24, 2.45) is 10.7 Å². The number of amides is 1. The van der Waals surface area contributed by atoms with Gasteiger partial charge in [0, 0.05) is 17.7 Å². The fraction of sp³-hybridized carbons (Fsp3) is 0.222. The van der Waals surface area contributed by atoms with Gasteiger partial charge in [0.05, 0.1) is 21.6 Å². The van der Waals surface area contributed by atoms with Crippen LogP contribution in [-0.4, -0.2) is 24.3 Å². The van der Waals surface area contributed by atoms with Gasteiger partial charge in [0.2, 0.25) is 5.91 Å². The number of carbonyl (C=O) groups excluding carboxylic acids is 1. The standard InChI is InChI=1S/C18H12Cl3F3N2O/c19-12-5-11(6-13(20)15(12)21)17(18(22,23)24)7-14(26-8-17)9-1-3-10(4-2-9)16(25)27/h1-6H,7-8H2,(H2,25,27). The van der Waals surface area contributed by atoms with Crippen molar-refractivity contribution in [3.8, 4) is 0 Å². The molecule has 0 spiro atoms. The lowest BCUT2D eigenvalue weighted by molar-refractivity contribution is -0.183. The Morgan fingerprint density at radius 1 is 1.07 bits per heavy atom. The van der Waals surface area contributed by atoms with Crippen LogP contribution in [0.1, 0.15) is 27.9 Å². The van der Waals surface area contributed by atoms with Crippen LogP contribution in [-0.2, 0) is 5.41 Å². The van der Waals surface area contributed by atoms with E-state index in [1.807, 2.05) is 0 Å². The molecule has 142 valence electrons. The van der Waals surface area contributed by atoms with Crippen molar-refractivity contribution in [3.05, 3.63) is 68.2 Å². The van der Waals surface area contributed by atoms with Gasteiger partial charge in [-0.2, -0.15) is 13.2 Å². The molecule has 1 heterocycles. The highest BCUT2D eigenvalue weighted by Gasteiger charge is 2.58. The SMILES string of the molecule is NC(=O)c1ccc(C2=NCC(c3cc(Cl)c(Cl)c(Cl)c3)(C(F)(F)F)C2)cc1. The lowest BCUT2D eigenvalue weighted by Gasteiger charge is -2.32. The number of aliphatic imine (C=N–C) groups is 1. The first-order chi connectivity index (χ1) is 12.5. The smallest absolute Gasteiger partial charge is 0.366 e. The maximum Gasteiger partial charge on any atom is 0.400 e. The van der Waals surface area contributed by atoms with Crippen molar-refractivity contribution in [3.63, 3.8) is 0 Å². The van der Waals surface area contributed by atoms with Crippen LogP contribution in [0.5, 0.6) is 0 Å². The minimum absolute atomic E-state index is 0.000544. The molecule has 1 aliphatic heterocycles. The zero-order valence-electron chi connectivity index (χ0n) is 13.6. The van der Waals surface area contributed by atoms with Gasteiger partial charge in [-0.3, -0.25) is 9.79 Å². The van der Waals surface area contributed by atoms with E-state index in [1.165, 1.54) is 36.4 Å². The molecule has 1 aliphatic rings. The van der Waals surface area contributed by atoms with E-state index >= 15 is 0 Å². The van der Waals surface area contributed by atoms with Gasteiger partial charge in [0.1, 0.15) is 5.41 Å². The molecule has 0 aliphatic carbocycles. The highest BCUT2D eigenvalue weighted by molar-refractivity contribution is 6.48. The third kappa shape index (κ3) is 3.53. The Morgan fingerprint density at radius 3 is 2.11 bits per heavy atom. The number of primary amides is 1. The fourth-order valence-electron chi connectivity index (χ4n) is 3.03. The van der Waals surface area contributed by atoms with E-state index in [1.54, 1.807) is 0 Å². The molecule has 1 unspecified atom stereocenters. The normalized spacial score (nSPS) is 19.9. The number of carbonyl (C=O) groups is 1. The number of rotatable bonds is 3. The topological polar surface area (TPSA) is 55.5 Å². The fourth-order valence-corrected chi connectivity index (χ4v) is 3.62. The van der Waals surface area contributed by atoms with Gasteiger partial charge < -0.3 is 5.73 Å². The molecule has 0 bridgehead atoms. The van der Waals surface area contributed by atoms with E-state index in [0.717, 1.165) is 0 Å². The third-order valence-corrected chi connectivity index (χ3v) is 5.79. The Balaban J connectivity index is 2.01. The molecule has 2 aromatic carbocycles. The molecule has 27 heavy (non-hydrogen) atoms. The Bertz CT molecular complexity index is 919. The monoisotopic (exact) mass is 434 g/mol. The van der Waals surface area contributed by atoms with Gasteiger partial charge >= 0.3 is 6.18 Å². The molecular formula is C18H12Cl3F3N2O. The molecule has 2 aromatic rings. The molecule has 0 saturated carbocycles. The second kappa shape index (κ2) is 7.00. The summed E-state index contributed by atoms with van der Waals surface area (Å²) in [6, 6.07) is 8.30. The summed E-state index contributed by atoms with van der Waals surface area (Å²) in [6.07, 6.45) is -4.98. The number of hydrogen-bond donors (Lipinski definition) is 1. The second-order valence-electron chi connectivity index (χ2n) is 6.22. The van der Waals surface area contributed by atoms with Gasteiger partial charge in [-0.25, -0.2) is 0 Å². The van der Waals surface area contributed by atoms with Crippen LogP contribution in [0.4, 0.5) is 13.2 Å². The number of nitrogens with two attached hydrogens (primary N) is 1. The van der Waals surface area contributed by atoms with Gasteiger partial charge in [-0.15, -0.1) is 0 Å². The minimum atomic E-state index is -4.59. The Hall–Kier alpha value is -1.76. The van der Waals surface area contributed by atoms with Crippen molar-refractivity contribution >= 4 is 46.4 Å². The highest BCUT2D eigenvalue weighted by Crippen LogP contribution is 2.49. The zero-order valence-corrected chi connectivity index (χ0v) is 15.8. The summed E-state index contributed by atoms with van der Waals surface area (Å²) in [7, 11) is 0. The summed E-state index contributed by atoms with van der Waals surface area (Å²) < 4.78 is 42.2. The Kier molecular flexibility index (Phi) is 5.18. The van der Waals surface area contributed by atoms with Gasteiger partial charge in [0.15, 0.2) is 0 Å². The van der Waals surface area contributed by atoms with Crippen molar-refractivity contribution in [2.75, 3.05) is 6.54 Å². The summed E-state index contributed by atoms with van der Waals surface area (Å²) in [4.78, 5) is 15.3. The first kappa shape index (κ1) is 20.0. The Labute approximate surface area is 167 Å². The van der Waals surface area contributed by atoms with Crippen molar-refractivity contribution in [1.29, 1.82) is 0 Å². The molecule has 9 heteroatoms. The summed E-state index contributed by atoms with van der Waals surface area (Å²) in [5.74, 6) is -0.620. The number of nitrogens with zero attached hydrogens (tertiary/aromatic N) is 1. The molecule has 0 aromatic heterocycles. The molecule has 1 amide bonds. The first-order valence-electron chi connectivity index (χ1n) is 7.70. The average molecular weight is 436 g/mol. The minimum Gasteiger partial charge on any atom is -0.366 e. The molecule has 1 atom stereocenters. The largest absolute Gasteiger partial charge is 0.400 e. The van der Waals surface area contributed by atoms with Crippen LogP contribution in [0.15, 0.2) is 41.4 Å². The highest BCUT2D eigenvalue weighted by atomic mass is 35.5. The quantitative estimate of drug-likeness (QED) is 0.641. The van der Waals surface area contributed by atoms with E-state index in [9.17, 15) is 18.0 Å². The average Bonchev–Trinajstić information content (AvgIpc) is 3.06. The van der Waals surface area contributed by atoms with Gasteiger partial charge in [0.25, 0.3) is 0 Å². The Morgan fingerprint density at radius 2 is 1.63 bits per heavy atom. The maximum atomic E-state index is 14.1. The number of alkyl halides is 3. The number of benzene rings is 2. The van der Waals surface area contributed by atoms with Crippen LogP contribution in [0, 0.1) is 0 Å². The van der Waals surface area contributed by atoms with Gasteiger partial charge in [-0.1, -0.05) is 46.9 Å². The van der Waals surface area contributed by atoms with Crippen LogP contribution in [0.25, 0.3) is 0 Å². The molecule has 0 radical (unpaired) electrons. The van der Waals surface area contributed by atoms with E-state index in [4.69, 9.17) is 40.5 Å². The molecule has 3 nitrogen and oxygen atoms in total. The van der Waals surface area contributed by atoms with E-state index in [-0.39, 0.29) is 38.3 Å².